The van der Waals surface area contributed by atoms with Crippen LogP contribution < -0.4 is 10.6 Å². The minimum Gasteiger partial charge on any atom is -0.481 e. The number of aliphatic carboxylic acids is 1. The van der Waals surface area contributed by atoms with Gasteiger partial charge in [0, 0.05) is 24.6 Å². The number of carbonyl (C=O) groups excluding carboxylic acids is 1. The summed E-state index contributed by atoms with van der Waals surface area (Å²) < 4.78 is 13.6. The van der Waals surface area contributed by atoms with Gasteiger partial charge in [0.1, 0.15) is 5.82 Å². The Bertz CT molecular complexity index is 707. The molecule has 2 aromatic rings. The first-order valence-corrected chi connectivity index (χ1v) is 8.08. The van der Waals surface area contributed by atoms with Crippen molar-refractivity contribution in [3.63, 3.8) is 0 Å². The predicted octanol–water partition coefficient (Wildman–Crippen LogP) is 3.10. The standard InChI is InChI=1S/C19H21FN2O3/c20-17-9-5-4-8-15(17)13-21-19(25)22-16(10-11-18(23)24)12-14-6-2-1-3-7-14/h1-9,16H,10-13H2,(H,23,24)(H2,21,22,25). The number of nitrogens with one attached hydrogen (secondary N) is 2. The number of carboxylic acids is 1. The van der Waals surface area contributed by atoms with Crippen LogP contribution in [0.2, 0.25) is 0 Å². The van der Waals surface area contributed by atoms with Gasteiger partial charge in [0.15, 0.2) is 0 Å². The van der Waals surface area contributed by atoms with Crippen LogP contribution in [0.3, 0.4) is 0 Å². The average molecular weight is 344 g/mol. The Morgan fingerprint density at radius 1 is 1.04 bits per heavy atom. The predicted molar refractivity (Wildman–Crippen MR) is 92.6 cm³/mol. The summed E-state index contributed by atoms with van der Waals surface area (Å²) in [4.78, 5) is 22.9. The van der Waals surface area contributed by atoms with Crippen molar-refractivity contribution in [2.24, 2.45) is 0 Å². The molecule has 0 aliphatic heterocycles. The summed E-state index contributed by atoms with van der Waals surface area (Å²) in [7, 11) is 0. The lowest BCUT2D eigenvalue weighted by Crippen LogP contribution is -2.43. The van der Waals surface area contributed by atoms with Gasteiger partial charge in [0.25, 0.3) is 0 Å². The van der Waals surface area contributed by atoms with Gasteiger partial charge < -0.3 is 15.7 Å². The van der Waals surface area contributed by atoms with E-state index in [4.69, 9.17) is 5.11 Å². The van der Waals surface area contributed by atoms with Crippen LogP contribution in [0.4, 0.5) is 9.18 Å². The third-order valence-corrected chi connectivity index (χ3v) is 3.76. The van der Waals surface area contributed by atoms with Crippen LogP contribution in [0.15, 0.2) is 54.6 Å². The number of halogens is 1. The molecule has 132 valence electrons. The van der Waals surface area contributed by atoms with E-state index in [0.717, 1.165) is 5.56 Å². The van der Waals surface area contributed by atoms with E-state index in [1.54, 1.807) is 18.2 Å². The Balaban J connectivity index is 1.91. The van der Waals surface area contributed by atoms with Gasteiger partial charge in [-0.05, 0) is 24.5 Å². The highest BCUT2D eigenvalue weighted by atomic mass is 19.1. The fraction of sp³-hybridized carbons (Fsp3) is 0.263. The number of benzene rings is 2. The minimum atomic E-state index is -0.911. The van der Waals surface area contributed by atoms with Crippen LogP contribution in [0.25, 0.3) is 0 Å². The van der Waals surface area contributed by atoms with Crippen LogP contribution in [0, 0.1) is 5.82 Å². The number of amides is 2. The van der Waals surface area contributed by atoms with E-state index in [0.29, 0.717) is 18.4 Å². The first-order chi connectivity index (χ1) is 12.0. The molecule has 0 bridgehead atoms. The Kier molecular flexibility index (Phi) is 6.95. The summed E-state index contributed by atoms with van der Waals surface area (Å²) in [5.74, 6) is -1.29. The molecule has 0 aliphatic carbocycles. The molecule has 0 saturated heterocycles. The van der Waals surface area contributed by atoms with Crippen molar-refractivity contribution in [2.75, 3.05) is 0 Å². The van der Waals surface area contributed by atoms with E-state index in [-0.39, 0.29) is 24.8 Å². The zero-order valence-corrected chi connectivity index (χ0v) is 13.7. The molecule has 0 heterocycles. The average Bonchev–Trinajstić information content (AvgIpc) is 2.60. The zero-order chi connectivity index (χ0) is 18.1. The van der Waals surface area contributed by atoms with Crippen molar-refractivity contribution >= 4 is 12.0 Å². The van der Waals surface area contributed by atoms with Gasteiger partial charge in [-0.2, -0.15) is 0 Å². The Hall–Kier alpha value is -2.89. The van der Waals surface area contributed by atoms with Crippen LogP contribution in [0.5, 0.6) is 0 Å². The normalized spacial score (nSPS) is 11.6. The molecule has 25 heavy (non-hydrogen) atoms. The minimum absolute atomic E-state index is 0.0366. The molecule has 0 saturated carbocycles. The van der Waals surface area contributed by atoms with Crippen molar-refractivity contribution < 1.29 is 19.1 Å². The highest BCUT2D eigenvalue weighted by Gasteiger charge is 2.15. The summed E-state index contributed by atoms with van der Waals surface area (Å²) in [6.45, 7) is 0.0650. The van der Waals surface area contributed by atoms with E-state index in [9.17, 15) is 14.0 Å². The number of rotatable bonds is 8. The number of carbonyl (C=O) groups is 2. The number of urea groups is 1. The van der Waals surface area contributed by atoms with E-state index in [1.165, 1.54) is 6.07 Å². The number of carboxylic acid groups (broad SMARTS) is 1. The SMILES string of the molecule is O=C(O)CCC(Cc1ccccc1)NC(=O)NCc1ccccc1F. The maximum atomic E-state index is 13.6. The molecule has 0 radical (unpaired) electrons. The van der Waals surface area contributed by atoms with Gasteiger partial charge in [0.05, 0.1) is 0 Å². The molecule has 0 aromatic heterocycles. The van der Waals surface area contributed by atoms with Crippen LogP contribution >= 0.6 is 0 Å². The molecule has 2 aromatic carbocycles. The van der Waals surface area contributed by atoms with Gasteiger partial charge in [-0.3, -0.25) is 4.79 Å². The second-order valence-electron chi connectivity index (χ2n) is 5.74. The monoisotopic (exact) mass is 344 g/mol. The summed E-state index contributed by atoms with van der Waals surface area (Å²) in [5, 5.41) is 14.3. The van der Waals surface area contributed by atoms with Gasteiger partial charge in [-0.1, -0.05) is 48.5 Å². The van der Waals surface area contributed by atoms with E-state index in [2.05, 4.69) is 10.6 Å². The Morgan fingerprint density at radius 3 is 2.40 bits per heavy atom. The molecule has 2 amide bonds. The second kappa shape index (κ2) is 9.42. The summed E-state index contributed by atoms with van der Waals surface area (Å²) in [5.41, 5.74) is 1.40. The van der Waals surface area contributed by atoms with Crippen LogP contribution in [-0.4, -0.2) is 23.1 Å². The second-order valence-corrected chi connectivity index (χ2v) is 5.74. The van der Waals surface area contributed by atoms with Crippen molar-refractivity contribution in [3.05, 3.63) is 71.5 Å². The van der Waals surface area contributed by atoms with Crippen molar-refractivity contribution in [3.8, 4) is 0 Å². The number of hydrogen-bond donors (Lipinski definition) is 3. The van der Waals surface area contributed by atoms with E-state index in [1.807, 2.05) is 30.3 Å². The van der Waals surface area contributed by atoms with Crippen LogP contribution in [-0.2, 0) is 17.8 Å². The smallest absolute Gasteiger partial charge is 0.315 e. The lowest BCUT2D eigenvalue weighted by Gasteiger charge is -2.19. The molecule has 0 fully saturated rings. The maximum absolute atomic E-state index is 13.6. The first-order valence-electron chi connectivity index (χ1n) is 8.08. The molecule has 3 N–H and O–H groups in total. The fourth-order valence-corrected chi connectivity index (χ4v) is 2.48. The van der Waals surface area contributed by atoms with Crippen LogP contribution in [0.1, 0.15) is 24.0 Å². The van der Waals surface area contributed by atoms with Gasteiger partial charge in [-0.25, -0.2) is 9.18 Å². The maximum Gasteiger partial charge on any atom is 0.315 e. The lowest BCUT2D eigenvalue weighted by molar-refractivity contribution is -0.137. The highest BCUT2D eigenvalue weighted by molar-refractivity contribution is 5.74. The summed E-state index contributed by atoms with van der Waals surface area (Å²) >= 11 is 0. The lowest BCUT2D eigenvalue weighted by atomic mass is 10.0. The molecule has 0 spiro atoms. The van der Waals surface area contributed by atoms with Crippen molar-refractivity contribution in [1.82, 2.24) is 10.6 Å². The molecule has 1 atom stereocenters. The molecule has 2 rings (SSSR count). The summed E-state index contributed by atoms with van der Waals surface area (Å²) in [6, 6.07) is 15.0. The first kappa shape index (κ1) is 18.4. The van der Waals surface area contributed by atoms with E-state index < -0.39 is 12.0 Å². The largest absolute Gasteiger partial charge is 0.481 e. The third-order valence-electron chi connectivity index (χ3n) is 3.76. The topological polar surface area (TPSA) is 78.4 Å². The molecule has 6 heteroatoms. The third kappa shape index (κ3) is 6.63. The number of hydrogen-bond acceptors (Lipinski definition) is 2. The molecular weight excluding hydrogens is 323 g/mol. The molecule has 0 aliphatic rings. The highest BCUT2D eigenvalue weighted by Crippen LogP contribution is 2.09. The van der Waals surface area contributed by atoms with E-state index >= 15 is 0 Å². The summed E-state index contributed by atoms with van der Waals surface area (Å²) in [6.07, 6.45) is 0.809. The molecular formula is C19H21FN2O3. The van der Waals surface area contributed by atoms with Crippen molar-refractivity contribution in [2.45, 2.75) is 31.8 Å². The Morgan fingerprint density at radius 2 is 1.72 bits per heavy atom. The molecule has 5 nitrogen and oxygen atoms in total. The fourth-order valence-electron chi connectivity index (χ4n) is 2.48. The van der Waals surface area contributed by atoms with Gasteiger partial charge in [0.2, 0.25) is 0 Å². The Labute approximate surface area is 145 Å². The quantitative estimate of drug-likeness (QED) is 0.688. The molecule has 1 unspecified atom stereocenters. The van der Waals surface area contributed by atoms with Gasteiger partial charge >= 0.3 is 12.0 Å². The zero-order valence-electron chi connectivity index (χ0n) is 13.7. The van der Waals surface area contributed by atoms with Gasteiger partial charge in [-0.15, -0.1) is 0 Å². The van der Waals surface area contributed by atoms with Crippen molar-refractivity contribution in [1.29, 1.82) is 0 Å².